The predicted molar refractivity (Wildman–Crippen MR) is 95.7 cm³/mol. The second-order valence-corrected chi connectivity index (χ2v) is 5.92. The van der Waals surface area contributed by atoms with E-state index in [1.807, 2.05) is 0 Å². The van der Waals surface area contributed by atoms with Gasteiger partial charge < -0.3 is 5.73 Å². The molecule has 0 spiro atoms. The third-order valence-electron chi connectivity index (χ3n) is 3.59. The zero-order valence-electron chi connectivity index (χ0n) is 12.0. The van der Waals surface area contributed by atoms with Gasteiger partial charge in [0.25, 0.3) is 5.56 Å². The van der Waals surface area contributed by atoms with Crippen LogP contribution in [0.1, 0.15) is 11.4 Å². The fraction of sp³-hybridized carbons (Fsp3) is 0. The Morgan fingerprint density at radius 2 is 2.21 bits per heavy atom. The lowest BCUT2D eigenvalue weighted by Crippen LogP contribution is -2.27. The van der Waals surface area contributed by atoms with Crippen LogP contribution in [-0.4, -0.2) is 25.4 Å². The molecule has 3 heterocycles. The van der Waals surface area contributed by atoms with Gasteiger partial charge in [0.1, 0.15) is 5.71 Å². The molecule has 118 valence electrons. The van der Waals surface area contributed by atoms with E-state index in [-0.39, 0.29) is 10.7 Å². The predicted octanol–water partition coefficient (Wildman–Crippen LogP) is 1.33. The van der Waals surface area contributed by atoms with Gasteiger partial charge in [-0.2, -0.15) is 5.10 Å². The van der Waals surface area contributed by atoms with Crippen molar-refractivity contribution in [3.05, 3.63) is 63.3 Å². The highest BCUT2D eigenvalue weighted by Gasteiger charge is 2.29. The molecule has 1 aromatic carbocycles. The number of aromatic nitrogens is 3. The second-order valence-electron chi connectivity index (χ2n) is 5.05. The summed E-state index contributed by atoms with van der Waals surface area (Å²) in [4.78, 5) is 21.5. The molecule has 0 bridgehead atoms. The van der Waals surface area contributed by atoms with Gasteiger partial charge in [-0.3, -0.25) is 14.8 Å². The van der Waals surface area contributed by atoms with Crippen LogP contribution in [-0.2, 0) is 0 Å². The molecular weight excluding hydrogens is 348 g/mol. The highest BCUT2D eigenvalue weighted by Crippen LogP contribution is 2.28. The summed E-state index contributed by atoms with van der Waals surface area (Å²) in [6.45, 7) is 0. The van der Waals surface area contributed by atoms with Crippen molar-refractivity contribution in [2.75, 3.05) is 0 Å². The molecule has 7 nitrogen and oxygen atoms in total. The minimum absolute atomic E-state index is 0.00536. The normalized spacial score (nSPS) is 13.8. The van der Waals surface area contributed by atoms with Gasteiger partial charge >= 0.3 is 0 Å². The molecule has 0 radical (unpaired) electrons. The highest BCUT2D eigenvalue weighted by molar-refractivity contribution is 7.80. The lowest BCUT2D eigenvalue weighted by Gasteiger charge is -2.05. The van der Waals surface area contributed by atoms with E-state index < -0.39 is 0 Å². The van der Waals surface area contributed by atoms with E-state index in [2.05, 4.69) is 20.5 Å². The molecule has 3 aromatic rings. The Morgan fingerprint density at radius 3 is 3.00 bits per heavy atom. The smallest absolute Gasteiger partial charge is 0.267 e. The Morgan fingerprint density at radius 1 is 1.38 bits per heavy atom. The van der Waals surface area contributed by atoms with E-state index in [1.54, 1.807) is 36.5 Å². The van der Waals surface area contributed by atoms with Crippen molar-refractivity contribution in [3.63, 3.8) is 0 Å². The lowest BCUT2D eigenvalue weighted by molar-refractivity contribution is 0.952. The maximum atomic E-state index is 12.9. The lowest BCUT2D eigenvalue weighted by atomic mass is 10.1. The summed E-state index contributed by atoms with van der Waals surface area (Å²) in [5, 5.41) is 5.13. The molecule has 0 amide bonds. The number of halogens is 1. The fourth-order valence-corrected chi connectivity index (χ4v) is 2.85. The molecule has 1 aliphatic rings. The van der Waals surface area contributed by atoms with Crippen LogP contribution in [0.5, 0.6) is 0 Å². The number of fused-ring (bicyclic) bond motifs is 4. The summed E-state index contributed by atoms with van der Waals surface area (Å²) in [7, 11) is 0. The van der Waals surface area contributed by atoms with E-state index in [9.17, 15) is 4.79 Å². The second kappa shape index (κ2) is 5.36. The molecule has 0 saturated carbocycles. The third-order valence-corrected chi connectivity index (χ3v) is 3.91. The van der Waals surface area contributed by atoms with E-state index >= 15 is 0 Å². The van der Waals surface area contributed by atoms with E-state index in [4.69, 9.17) is 29.6 Å². The summed E-state index contributed by atoms with van der Waals surface area (Å²) in [6, 6.07) is 8.54. The largest absolute Gasteiger partial charge is 0.375 e. The van der Waals surface area contributed by atoms with Crippen LogP contribution in [0.4, 0.5) is 0 Å². The molecule has 1 aliphatic heterocycles. The molecule has 0 fully saturated rings. The molecule has 0 saturated heterocycles. The van der Waals surface area contributed by atoms with E-state index in [0.29, 0.717) is 38.8 Å². The van der Waals surface area contributed by atoms with Gasteiger partial charge in [-0.15, -0.1) is 0 Å². The van der Waals surface area contributed by atoms with Crippen LogP contribution < -0.4 is 16.7 Å². The van der Waals surface area contributed by atoms with E-state index in [0.717, 1.165) is 0 Å². The number of hydrogen-bond donors (Lipinski definition) is 2. The van der Waals surface area contributed by atoms with Crippen molar-refractivity contribution in [3.8, 4) is 5.69 Å². The molecule has 4 rings (SSSR count). The Bertz CT molecular complexity index is 1110. The van der Waals surface area contributed by atoms with Crippen molar-refractivity contribution in [1.82, 2.24) is 20.0 Å². The van der Waals surface area contributed by atoms with Crippen LogP contribution in [0.25, 0.3) is 16.7 Å². The molecule has 3 N–H and O–H groups in total. The SMILES string of the molecule is NC(=S)NN=C1c2cc(Cl)ccc2-n2c1nc1ncccc1c2=O. The van der Waals surface area contributed by atoms with Crippen LogP contribution >= 0.6 is 23.8 Å². The summed E-state index contributed by atoms with van der Waals surface area (Å²) in [6.07, 6.45) is 1.58. The number of hydrogen-bond acceptors (Lipinski definition) is 5. The number of benzene rings is 1. The molecule has 0 aliphatic carbocycles. The van der Waals surface area contributed by atoms with Gasteiger partial charge in [0.05, 0.1) is 11.1 Å². The number of thiocarbonyl (C=S) groups is 1. The van der Waals surface area contributed by atoms with Gasteiger partial charge in [0.2, 0.25) is 0 Å². The van der Waals surface area contributed by atoms with Crippen LogP contribution in [0.2, 0.25) is 5.02 Å². The van der Waals surface area contributed by atoms with Crippen molar-refractivity contribution in [1.29, 1.82) is 0 Å². The van der Waals surface area contributed by atoms with E-state index in [1.165, 1.54) is 4.57 Å². The van der Waals surface area contributed by atoms with Crippen LogP contribution in [0.3, 0.4) is 0 Å². The van der Waals surface area contributed by atoms with Crippen LogP contribution in [0.15, 0.2) is 46.4 Å². The molecule has 2 aromatic heterocycles. The molecule has 24 heavy (non-hydrogen) atoms. The number of rotatable bonds is 1. The summed E-state index contributed by atoms with van der Waals surface area (Å²) >= 11 is 10.9. The first-order valence-electron chi connectivity index (χ1n) is 6.88. The van der Waals surface area contributed by atoms with Gasteiger partial charge in [0, 0.05) is 16.8 Å². The number of pyridine rings is 1. The molecule has 0 atom stereocenters. The number of hydrazone groups is 1. The quantitative estimate of drug-likeness (QED) is 0.394. The molecule has 9 heteroatoms. The monoisotopic (exact) mass is 356 g/mol. The Balaban J connectivity index is 2.10. The van der Waals surface area contributed by atoms with Gasteiger partial charge in [0.15, 0.2) is 16.6 Å². The Kier molecular flexibility index (Phi) is 3.29. The fourth-order valence-electron chi connectivity index (χ4n) is 2.64. The topological polar surface area (TPSA) is 98.2 Å². The maximum absolute atomic E-state index is 12.9. The minimum atomic E-state index is -0.229. The van der Waals surface area contributed by atoms with Gasteiger partial charge in [-0.05, 0) is 42.5 Å². The number of nitrogens with zero attached hydrogens (tertiary/aromatic N) is 4. The first-order valence-corrected chi connectivity index (χ1v) is 7.66. The third kappa shape index (κ3) is 2.15. The van der Waals surface area contributed by atoms with Crippen molar-refractivity contribution in [2.45, 2.75) is 0 Å². The number of nitrogens with two attached hydrogens (primary N) is 1. The first kappa shape index (κ1) is 14.7. The Hall–Kier alpha value is -2.84. The highest BCUT2D eigenvalue weighted by atomic mass is 35.5. The molecular formula is C15H9ClN6OS. The average molecular weight is 357 g/mol. The molecule has 0 unspecified atom stereocenters. The maximum Gasteiger partial charge on any atom is 0.267 e. The van der Waals surface area contributed by atoms with Gasteiger partial charge in [-0.1, -0.05) is 11.6 Å². The minimum Gasteiger partial charge on any atom is -0.375 e. The number of nitrogens with one attached hydrogen (secondary N) is 1. The standard InChI is InChI=1S/C15H9ClN6OS/c16-7-3-4-10-9(6-7)11(20-21-15(17)24)13-19-12-8(2-1-5-18-12)14(23)22(10)13/h1-6H,(H3,17,21,24). The summed E-state index contributed by atoms with van der Waals surface area (Å²) in [5.41, 5.74) is 9.81. The van der Waals surface area contributed by atoms with Crippen molar-refractivity contribution < 1.29 is 0 Å². The van der Waals surface area contributed by atoms with Crippen molar-refractivity contribution in [2.24, 2.45) is 10.8 Å². The Labute approximate surface area is 145 Å². The van der Waals surface area contributed by atoms with Gasteiger partial charge in [-0.25, -0.2) is 9.97 Å². The van der Waals surface area contributed by atoms with Crippen molar-refractivity contribution >= 4 is 45.7 Å². The zero-order chi connectivity index (χ0) is 16.8. The summed E-state index contributed by atoms with van der Waals surface area (Å²) < 4.78 is 1.48. The zero-order valence-corrected chi connectivity index (χ0v) is 13.6. The average Bonchev–Trinajstić information content (AvgIpc) is 2.86. The first-order chi connectivity index (χ1) is 11.6. The van der Waals surface area contributed by atoms with Crippen LogP contribution in [0, 0.1) is 0 Å². The summed E-state index contributed by atoms with van der Waals surface area (Å²) in [5.74, 6) is 0.354.